The first-order valence-corrected chi connectivity index (χ1v) is 14.8. The number of rotatable bonds is 5. The van der Waals surface area contributed by atoms with Gasteiger partial charge in [0, 0.05) is 0 Å². The van der Waals surface area contributed by atoms with Gasteiger partial charge in [-0.3, -0.25) is 0 Å². The topological polar surface area (TPSA) is 0 Å². The summed E-state index contributed by atoms with van der Waals surface area (Å²) in [6, 6.07) is 50.7. The second-order valence-corrected chi connectivity index (χ2v) is 11.0. The highest BCUT2D eigenvalue weighted by Crippen LogP contribution is 2.44. The van der Waals surface area contributed by atoms with E-state index in [4.69, 9.17) is 6.85 Å². The maximum absolute atomic E-state index is 8.85. The zero-order valence-corrected chi connectivity index (χ0v) is 23.9. The summed E-state index contributed by atoms with van der Waals surface area (Å²) in [5.41, 5.74) is 9.69. The highest BCUT2D eigenvalue weighted by molar-refractivity contribution is 6.21. The number of benzene rings is 8. The van der Waals surface area contributed by atoms with Crippen LogP contribution in [-0.2, 0) is 0 Å². The maximum atomic E-state index is 8.85. The van der Waals surface area contributed by atoms with Crippen molar-refractivity contribution in [2.75, 3.05) is 0 Å². The van der Waals surface area contributed by atoms with Crippen LogP contribution >= 0.6 is 0 Å². The predicted molar refractivity (Wildman–Crippen MR) is 189 cm³/mol. The molecule has 0 unspecified atom stereocenters. The lowest BCUT2D eigenvalue weighted by Crippen LogP contribution is -1.91. The molecule has 206 valence electrons. The van der Waals surface area contributed by atoms with Crippen molar-refractivity contribution in [3.8, 4) is 55.6 Å². The summed E-state index contributed by atoms with van der Waals surface area (Å²) < 4.78 is 42.7. The van der Waals surface area contributed by atoms with E-state index in [1.54, 1.807) is 0 Å². The van der Waals surface area contributed by atoms with E-state index in [1.807, 2.05) is 48.5 Å². The third kappa shape index (κ3) is 4.68. The van der Waals surface area contributed by atoms with Crippen molar-refractivity contribution in [3.63, 3.8) is 0 Å². The molecule has 0 heteroatoms. The molecule has 0 aliphatic heterocycles. The molecule has 44 heavy (non-hydrogen) atoms. The first-order chi connectivity index (χ1) is 23.9. The molecule has 0 N–H and O–H groups in total. The minimum atomic E-state index is -0.396. The van der Waals surface area contributed by atoms with Gasteiger partial charge in [0.2, 0.25) is 0 Å². The Kier molecular flexibility index (Phi) is 5.34. The minimum absolute atomic E-state index is 0.205. The van der Waals surface area contributed by atoms with Gasteiger partial charge in [-0.25, -0.2) is 0 Å². The van der Waals surface area contributed by atoms with Crippen LogP contribution in [0.4, 0.5) is 0 Å². The molecule has 0 saturated carbocycles. The molecule has 8 aromatic rings. The summed E-state index contributed by atoms with van der Waals surface area (Å²) in [5, 5.41) is 3.56. The Labute approximate surface area is 265 Å². The van der Waals surface area contributed by atoms with Crippen LogP contribution in [0.15, 0.2) is 182 Å². The molecule has 0 spiro atoms. The summed E-state index contributed by atoms with van der Waals surface area (Å²) in [5.74, 6) is 0. The van der Waals surface area contributed by atoms with E-state index in [0.29, 0.717) is 5.56 Å². The van der Waals surface area contributed by atoms with Crippen molar-refractivity contribution in [2.24, 2.45) is 0 Å². The van der Waals surface area contributed by atoms with Crippen molar-refractivity contribution in [3.05, 3.63) is 182 Å². The highest BCUT2D eigenvalue weighted by Gasteiger charge is 2.17. The van der Waals surface area contributed by atoms with E-state index in [0.717, 1.165) is 66.1 Å². The third-order valence-electron chi connectivity index (χ3n) is 8.31. The molecule has 0 aliphatic carbocycles. The highest BCUT2D eigenvalue weighted by atomic mass is 14.2. The Balaban J connectivity index is 1.38. The molecule has 0 heterocycles. The van der Waals surface area contributed by atoms with E-state index >= 15 is 0 Å². The van der Waals surface area contributed by atoms with Crippen LogP contribution in [0.3, 0.4) is 0 Å². The van der Waals surface area contributed by atoms with Gasteiger partial charge in [-0.1, -0.05) is 158 Å². The number of hydrogen-bond donors (Lipinski definition) is 0. The van der Waals surface area contributed by atoms with Gasteiger partial charge in [-0.2, -0.15) is 0 Å². The molecule has 0 nitrogen and oxygen atoms in total. The molecule has 0 atom stereocenters. The lowest BCUT2D eigenvalue weighted by atomic mass is 9.85. The number of fused-ring (bicyclic) bond motifs is 2. The lowest BCUT2D eigenvalue weighted by molar-refractivity contribution is 1.56. The van der Waals surface area contributed by atoms with Crippen molar-refractivity contribution >= 4 is 21.5 Å². The first kappa shape index (κ1) is 21.0. The van der Waals surface area contributed by atoms with Gasteiger partial charge in [0.1, 0.15) is 0 Å². The fourth-order valence-electron chi connectivity index (χ4n) is 6.33. The van der Waals surface area contributed by atoms with Crippen molar-refractivity contribution in [1.29, 1.82) is 0 Å². The van der Waals surface area contributed by atoms with E-state index in [9.17, 15) is 0 Å². The SMILES string of the molecule is [2H]c1c([2H])c([2H])c(-c2c3ccccc3c(-c3cccc(-c4cc(-c5ccccc5)cc(-c5ccccc5)c4)c3)c3ccccc23)c([2H])c1[2H]. The molecule has 0 radical (unpaired) electrons. The maximum Gasteiger partial charge on any atom is 0.0629 e. The van der Waals surface area contributed by atoms with E-state index in [2.05, 4.69) is 103 Å². The molecule has 0 saturated heterocycles. The van der Waals surface area contributed by atoms with Gasteiger partial charge in [-0.15, -0.1) is 0 Å². The van der Waals surface area contributed by atoms with Crippen molar-refractivity contribution in [1.82, 2.24) is 0 Å². The molecule has 8 aromatic carbocycles. The van der Waals surface area contributed by atoms with Crippen LogP contribution in [-0.4, -0.2) is 0 Å². The van der Waals surface area contributed by atoms with Gasteiger partial charge in [-0.05, 0) is 101 Å². The van der Waals surface area contributed by atoms with Gasteiger partial charge in [0.25, 0.3) is 0 Å². The fourth-order valence-corrected chi connectivity index (χ4v) is 6.33. The smallest absolute Gasteiger partial charge is 0.0622 e. The first-order valence-electron chi connectivity index (χ1n) is 17.3. The second-order valence-electron chi connectivity index (χ2n) is 11.0. The summed E-state index contributed by atoms with van der Waals surface area (Å²) in [6.45, 7) is 0. The van der Waals surface area contributed by atoms with E-state index in [-0.39, 0.29) is 29.7 Å². The fraction of sp³-hybridized carbons (Fsp3) is 0. The van der Waals surface area contributed by atoms with Crippen LogP contribution in [0.25, 0.3) is 77.2 Å². The van der Waals surface area contributed by atoms with Crippen molar-refractivity contribution in [2.45, 2.75) is 0 Å². The van der Waals surface area contributed by atoms with Gasteiger partial charge >= 0.3 is 0 Å². The molecular weight excluding hydrogens is 528 g/mol. The van der Waals surface area contributed by atoms with E-state index in [1.165, 1.54) is 0 Å². The summed E-state index contributed by atoms with van der Waals surface area (Å²) >= 11 is 0. The van der Waals surface area contributed by atoms with Crippen LogP contribution in [0.2, 0.25) is 0 Å². The molecule has 0 fully saturated rings. The van der Waals surface area contributed by atoms with Crippen LogP contribution < -0.4 is 0 Å². The molecule has 0 aliphatic rings. The summed E-state index contributed by atoms with van der Waals surface area (Å²) in [7, 11) is 0. The predicted octanol–water partition coefficient (Wildman–Crippen LogP) is 12.3. The van der Waals surface area contributed by atoms with Gasteiger partial charge in [0.05, 0.1) is 6.85 Å². The molecule has 8 rings (SSSR count). The standard InChI is InChI=1S/C44H30/c1-4-15-31(16-5-1)36-28-37(32-17-6-2-7-18-32)30-38(29-36)34-21-14-22-35(27-34)44-41-25-12-10-23-39(41)43(33-19-8-3-9-20-33)40-24-11-13-26-42(40)44/h1-30H/i3D,8D,9D,19D,20D. The summed E-state index contributed by atoms with van der Waals surface area (Å²) in [6.07, 6.45) is 0. The zero-order chi connectivity index (χ0) is 33.6. The normalized spacial score (nSPS) is 12.8. The molecule has 0 bridgehead atoms. The third-order valence-corrected chi connectivity index (χ3v) is 8.31. The Morgan fingerprint density at radius 2 is 0.636 bits per heavy atom. The zero-order valence-electron chi connectivity index (χ0n) is 28.9. The minimum Gasteiger partial charge on any atom is -0.0622 e. The average molecular weight is 564 g/mol. The Bertz CT molecular complexity index is 2400. The van der Waals surface area contributed by atoms with Gasteiger partial charge in [0.15, 0.2) is 0 Å². The van der Waals surface area contributed by atoms with Gasteiger partial charge < -0.3 is 0 Å². The second kappa shape index (κ2) is 11.2. The van der Waals surface area contributed by atoms with Crippen LogP contribution in [0.1, 0.15) is 6.85 Å². The quantitative estimate of drug-likeness (QED) is 0.183. The monoisotopic (exact) mass is 563 g/mol. The van der Waals surface area contributed by atoms with Crippen molar-refractivity contribution < 1.29 is 6.85 Å². The largest absolute Gasteiger partial charge is 0.0629 e. The molecular formula is C44H30. The van der Waals surface area contributed by atoms with Crippen LogP contribution in [0.5, 0.6) is 0 Å². The average Bonchev–Trinajstić information content (AvgIpc) is 3.16. The lowest BCUT2D eigenvalue weighted by Gasteiger charge is -2.18. The molecule has 0 aromatic heterocycles. The number of hydrogen-bond acceptors (Lipinski definition) is 0. The van der Waals surface area contributed by atoms with Crippen LogP contribution in [0, 0.1) is 0 Å². The van der Waals surface area contributed by atoms with E-state index < -0.39 is 6.04 Å². The Morgan fingerprint density at radius 1 is 0.273 bits per heavy atom. The Hall–Kier alpha value is -5.72. The molecule has 0 amide bonds. The summed E-state index contributed by atoms with van der Waals surface area (Å²) in [4.78, 5) is 0. The Morgan fingerprint density at radius 3 is 1.14 bits per heavy atom.